The number of nitrogens with one attached hydrogen (secondary N) is 1. The van der Waals surface area contributed by atoms with E-state index in [1.54, 1.807) is 0 Å². The largest absolute Gasteiger partial charge is 0.370 e. The first-order valence-corrected chi connectivity index (χ1v) is 5.65. The lowest BCUT2D eigenvalue weighted by Gasteiger charge is -2.06. The molecule has 3 nitrogen and oxygen atoms in total. The van der Waals surface area contributed by atoms with Crippen molar-refractivity contribution in [2.45, 2.75) is 25.8 Å². The van der Waals surface area contributed by atoms with Crippen LogP contribution in [0.5, 0.6) is 0 Å². The van der Waals surface area contributed by atoms with Gasteiger partial charge in [-0.1, -0.05) is 13.3 Å². The summed E-state index contributed by atoms with van der Waals surface area (Å²) in [5, 5.41) is 2.58. The molecule has 0 bridgehead atoms. The highest BCUT2D eigenvalue weighted by Gasteiger charge is 2.35. The molecule has 0 heterocycles. The van der Waals surface area contributed by atoms with Crippen LogP contribution in [0.1, 0.15) is 19.8 Å². The van der Waals surface area contributed by atoms with Gasteiger partial charge in [-0.05, 0) is 24.5 Å². The number of anilines is 1. The van der Waals surface area contributed by atoms with E-state index >= 15 is 0 Å². The highest BCUT2D eigenvalue weighted by Crippen LogP contribution is 2.36. The quantitative estimate of drug-likeness (QED) is 0.490. The Morgan fingerprint density at radius 3 is 2.83 bits per heavy atom. The van der Waals surface area contributed by atoms with E-state index in [0.717, 1.165) is 31.0 Å². The maximum Gasteiger partial charge on any atom is 0.193 e. The van der Waals surface area contributed by atoms with Crippen molar-refractivity contribution in [1.29, 1.82) is 0 Å². The molecular formula is C12H16F2IN3. The number of nitrogens with two attached hydrogens (primary N) is 1. The maximum atomic E-state index is 13.3. The minimum Gasteiger partial charge on any atom is -0.370 e. The number of rotatable bonds is 3. The fraction of sp³-hybridized carbons (Fsp3) is 0.417. The van der Waals surface area contributed by atoms with E-state index in [4.69, 9.17) is 5.73 Å². The third kappa shape index (κ3) is 3.79. The van der Waals surface area contributed by atoms with Gasteiger partial charge in [-0.3, -0.25) is 0 Å². The molecule has 0 aromatic heterocycles. The molecule has 0 saturated heterocycles. The lowest BCUT2D eigenvalue weighted by Crippen LogP contribution is -2.24. The van der Waals surface area contributed by atoms with Gasteiger partial charge >= 0.3 is 0 Å². The predicted molar refractivity (Wildman–Crippen MR) is 79.2 cm³/mol. The summed E-state index contributed by atoms with van der Waals surface area (Å²) in [6.45, 7) is 2.09. The summed E-state index contributed by atoms with van der Waals surface area (Å²) in [5.41, 5.74) is 5.65. The zero-order valence-corrected chi connectivity index (χ0v) is 12.3. The molecule has 1 saturated carbocycles. The molecule has 18 heavy (non-hydrogen) atoms. The molecule has 2 atom stereocenters. The van der Waals surface area contributed by atoms with Crippen molar-refractivity contribution in [1.82, 2.24) is 0 Å². The van der Waals surface area contributed by atoms with Gasteiger partial charge in [-0.25, -0.2) is 13.8 Å². The van der Waals surface area contributed by atoms with E-state index in [2.05, 4.69) is 17.2 Å². The molecule has 0 aliphatic heterocycles. The maximum absolute atomic E-state index is 13.3. The number of aliphatic imine (C=N–C) groups is 1. The monoisotopic (exact) mass is 367 g/mol. The SMILES string of the molecule is CC[C@@H]1C[C@H]1N=C(N)Nc1cc(F)ccc1F.I. The van der Waals surface area contributed by atoms with Crippen molar-refractivity contribution in [3.05, 3.63) is 29.8 Å². The van der Waals surface area contributed by atoms with Crippen LogP contribution in [0.15, 0.2) is 23.2 Å². The van der Waals surface area contributed by atoms with Gasteiger partial charge in [0.2, 0.25) is 0 Å². The standard InChI is InChI=1S/C12H15F2N3.HI/c1-2-7-5-10(7)16-12(15)17-11-6-8(13)3-4-9(11)14;/h3-4,6-7,10H,2,5H2,1H3,(H3,15,16,17);1H/t7-,10-;/m1./s1. The van der Waals surface area contributed by atoms with Crippen LogP contribution < -0.4 is 11.1 Å². The van der Waals surface area contributed by atoms with Crippen LogP contribution in [0, 0.1) is 17.6 Å². The Morgan fingerprint density at radius 1 is 1.50 bits per heavy atom. The molecule has 1 aromatic carbocycles. The highest BCUT2D eigenvalue weighted by atomic mass is 127. The third-order valence-corrected chi connectivity index (χ3v) is 2.91. The number of hydrogen-bond donors (Lipinski definition) is 2. The van der Waals surface area contributed by atoms with Crippen LogP contribution in [-0.4, -0.2) is 12.0 Å². The van der Waals surface area contributed by atoms with Crippen molar-refractivity contribution >= 4 is 35.6 Å². The molecule has 1 fully saturated rings. The molecule has 1 aliphatic rings. The van der Waals surface area contributed by atoms with Crippen molar-refractivity contribution < 1.29 is 8.78 Å². The number of nitrogens with zero attached hydrogens (tertiary/aromatic N) is 1. The normalized spacial score (nSPS) is 22.3. The fourth-order valence-electron chi connectivity index (χ4n) is 1.77. The van der Waals surface area contributed by atoms with Crippen LogP contribution >= 0.6 is 24.0 Å². The fourth-order valence-corrected chi connectivity index (χ4v) is 1.77. The average Bonchev–Trinajstić information content (AvgIpc) is 3.02. The highest BCUT2D eigenvalue weighted by molar-refractivity contribution is 14.0. The Bertz CT molecular complexity index is 451. The molecule has 6 heteroatoms. The Balaban J connectivity index is 0.00000162. The topological polar surface area (TPSA) is 50.4 Å². The average molecular weight is 367 g/mol. The Kier molecular flexibility index (Phi) is 5.30. The zero-order chi connectivity index (χ0) is 12.4. The molecule has 0 amide bonds. The van der Waals surface area contributed by atoms with E-state index in [0.29, 0.717) is 5.92 Å². The molecule has 0 unspecified atom stereocenters. The molecule has 3 N–H and O–H groups in total. The number of benzene rings is 1. The smallest absolute Gasteiger partial charge is 0.193 e. The Hall–Kier alpha value is -0.920. The van der Waals surface area contributed by atoms with Gasteiger partial charge in [-0.15, -0.1) is 24.0 Å². The molecule has 100 valence electrons. The van der Waals surface area contributed by atoms with Gasteiger partial charge in [0.25, 0.3) is 0 Å². The van der Waals surface area contributed by atoms with Crippen molar-refractivity contribution in [3.63, 3.8) is 0 Å². The first-order chi connectivity index (χ1) is 8.10. The van der Waals surface area contributed by atoms with Crippen LogP contribution in [0.4, 0.5) is 14.5 Å². The van der Waals surface area contributed by atoms with Gasteiger partial charge < -0.3 is 11.1 Å². The van der Waals surface area contributed by atoms with Gasteiger partial charge in [0.1, 0.15) is 11.6 Å². The van der Waals surface area contributed by atoms with Crippen molar-refractivity contribution in [3.8, 4) is 0 Å². The van der Waals surface area contributed by atoms with Gasteiger partial charge in [-0.2, -0.15) is 0 Å². The minimum atomic E-state index is -0.549. The summed E-state index contributed by atoms with van der Waals surface area (Å²) < 4.78 is 26.2. The predicted octanol–water partition coefficient (Wildman–Crippen LogP) is 3.11. The lowest BCUT2D eigenvalue weighted by atomic mass is 10.3. The number of guanidine groups is 1. The zero-order valence-electron chi connectivity index (χ0n) is 9.99. The molecule has 0 radical (unpaired) electrons. The van der Waals surface area contributed by atoms with Gasteiger partial charge in [0, 0.05) is 6.07 Å². The summed E-state index contributed by atoms with van der Waals surface area (Å²) in [7, 11) is 0. The summed E-state index contributed by atoms with van der Waals surface area (Å²) in [4.78, 5) is 4.20. The van der Waals surface area contributed by atoms with E-state index in [-0.39, 0.29) is 41.7 Å². The molecule has 1 aliphatic carbocycles. The molecule has 1 aromatic rings. The van der Waals surface area contributed by atoms with Crippen molar-refractivity contribution in [2.24, 2.45) is 16.6 Å². The van der Waals surface area contributed by atoms with E-state index in [1.807, 2.05) is 0 Å². The summed E-state index contributed by atoms with van der Waals surface area (Å²) >= 11 is 0. The Labute approximate surface area is 122 Å². The van der Waals surface area contributed by atoms with E-state index in [1.165, 1.54) is 0 Å². The lowest BCUT2D eigenvalue weighted by molar-refractivity contribution is 0.604. The first kappa shape index (κ1) is 15.1. The second-order valence-corrected chi connectivity index (χ2v) is 4.23. The second kappa shape index (κ2) is 6.31. The van der Waals surface area contributed by atoms with Crippen LogP contribution in [0.2, 0.25) is 0 Å². The molecular weight excluding hydrogens is 351 g/mol. The number of halogens is 3. The van der Waals surface area contributed by atoms with Crippen LogP contribution in [0.3, 0.4) is 0 Å². The number of hydrogen-bond acceptors (Lipinski definition) is 1. The van der Waals surface area contributed by atoms with Crippen LogP contribution in [0.25, 0.3) is 0 Å². The molecule has 0 spiro atoms. The van der Waals surface area contributed by atoms with Gasteiger partial charge in [0.15, 0.2) is 5.96 Å². The summed E-state index contributed by atoms with van der Waals surface area (Å²) in [6, 6.07) is 3.39. The first-order valence-electron chi connectivity index (χ1n) is 5.65. The van der Waals surface area contributed by atoms with E-state index < -0.39 is 11.6 Å². The second-order valence-electron chi connectivity index (χ2n) is 4.23. The summed E-state index contributed by atoms with van der Waals surface area (Å²) in [5.74, 6) is -0.352. The molecule has 2 rings (SSSR count). The summed E-state index contributed by atoms with van der Waals surface area (Å²) in [6.07, 6.45) is 2.08. The Morgan fingerprint density at radius 2 is 2.22 bits per heavy atom. The van der Waals surface area contributed by atoms with Gasteiger partial charge in [0.05, 0.1) is 11.7 Å². The van der Waals surface area contributed by atoms with Crippen LogP contribution in [-0.2, 0) is 0 Å². The third-order valence-electron chi connectivity index (χ3n) is 2.91. The van der Waals surface area contributed by atoms with E-state index in [9.17, 15) is 8.78 Å². The minimum absolute atomic E-state index is 0. The van der Waals surface area contributed by atoms with Crippen molar-refractivity contribution in [2.75, 3.05) is 5.32 Å².